The predicted molar refractivity (Wildman–Crippen MR) is 61.0 cm³/mol. The molecular weight excluding hydrogens is 158 g/mol. The molecule has 0 saturated carbocycles. The van der Waals surface area contributed by atoms with E-state index >= 15 is 0 Å². The van der Waals surface area contributed by atoms with Crippen LogP contribution in [0.25, 0.3) is 0 Å². The molecule has 0 aromatic heterocycles. The zero-order valence-electron chi connectivity index (χ0n) is 9.90. The topological polar surface area (TPSA) is 12.0 Å². The largest absolute Gasteiger partial charge is 0.316 e. The summed E-state index contributed by atoms with van der Waals surface area (Å²) < 4.78 is 0. The van der Waals surface area contributed by atoms with Crippen molar-refractivity contribution < 1.29 is 0 Å². The van der Waals surface area contributed by atoms with E-state index in [0.717, 1.165) is 11.8 Å². The summed E-state index contributed by atoms with van der Waals surface area (Å²) in [5, 5.41) is 3.51. The van der Waals surface area contributed by atoms with Gasteiger partial charge < -0.3 is 5.32 Å². The first-order valence-electron chi connectivity index (χ1n) is 5.91. The van der Waals surface area contributed by atoms with Gasteiger partial charge in [-0.05, 0) is 37.8 Å². The average molecular weight is 185 g/mol. The Hall–Kier alpha value is -0.0400. The van der Waals surface area contributed by atoms with E-state index < -0.39 is 0 Å². The maximum atomic E-state index is 3.51. The molecule has 1 N–H and O–H groups in total. The molecule has 0 aliphatic heterocycles. The third-order valence-corrected chi connectivity index (χ3v) is 2.59. The smallest absolute Gasteiger partial charge is 0.00206 e. The Kier molecular flexibility index (Phi) is 8.53. The minimum absolute atomic E-state index is 0.861. The lowest BCUT2D eigenvalue weighted by Crippen LogP contribution is -2.23. The zero-order valence-corrected chi connectivity index (χ0v) is 9.90. The summed E-state index contributed by atoms with van der Waals surface area (Å²) in [5.41, 5.74) is 0. The normalized spacial score (nSPS) is 13.6. The van der Waals surface area contributed by atoms with Crippen molar-refractivity contribution in [2.45, 2.75) is 53.4 Å². The van der Waals surface area contributed by atoms with Crippen LogP contribution < -0.4 is 5.32 Å². The van der Waals surface area contributed by atoms with E-state index in [-0.39, 0.29) is 0 Å². The monoisotopic (exact) mass is 185 g/mol. The van der Waals surface area contributed by atoms with Gasteiger partial charge in [0.25, 0.3) is 0 Å². The second kappa shape index (κ2) is 8.55. The van der Waals surface area contributed by atoms with Crippen molar-refractivity contribution >= 4 is 0 Å². The first-order chi connectivity index (χ1) is 6.20. The fourth-order valence-electron chi connectivity index (χ4n) is 1.50. The van der Waals surface area contributed by atoms with Gasteiger partial charge in [-0.15, -0.1) is 0 Å². The molecule has 0 heterocycles. The molecule has 1 atom stereocenters. The summed E-state index contributed by atoms with van der Waals surface area (Å²) in [4.78, 5) is 0. The van der Waals surface area contributed by atoms with Gasteiger partial charge in [0.15, 0.2) is 0 Å². The van der Waals surface area contributed by atoms with Crippen LogP contribution in [0.15, 0.2) is 0 Å². The molecule has 1 unspecified atom stereocenters. The van der Waals surface area contributed by atoms with Crippen LogP contribution in [0, 0.1) is 11.8 Å². The van der Waals surface area contributed by atoms with E-state index in [4.69, 9.17) is 0 Å². The van der Waals surface area contributed by atoms with Gasteiger partial charge in [-0.2, -0.15) is 0 Å². The standard InChI is InChI=1S/C12H27N/c1-5-9-13-10-12(6-2)8-7-11(3)4/h11-13H,5-10H2,1-4H3. The first kappa shape index (κ1) is 13.0. The van der Waals surface area contributed by atoms with Crippen LogP contribution in [0.1, 0.15) is 53.4 Å². The molecule has 0 aliphatic rings. The zero-order chi connectivity index (χ0) is 10.1. The molecule has 0 amide bonds. The summed E-state index contributed by atoms with van der Waals surface area (Å²) in [6.07, 6.45) is 5.35. The van der Waals surface area contributed by atoms with Crippen LogP contribution in [0.5, 0.6) is 0 Å². The lowest BCUT2D eigenvalue weighted by Gasteiger charge is -2.16. The summed E-state index contributed by atoms with van der Waals surface area (Å²) in [6.45, 7) is 11.5. The van der Waals surface area contributed by atoms with Gasteiger partial charge in [0.05, 0.1) is 0 Å². The molecule has 80 valence electrons. The Balaban J connectivity index is 3.39. The van der Waals surface area contributed by atoms with Crippen molar-refractivity contribution in [1.82, 2.24) is 5.32 Å². The van der Waals surface area contributed by atoms with Crippen LogP contribution in [0.3, 0.4) is 0 Å². The highest BCUT2D eigenvalue weighted by atomic mass is 14.8. The molecule has 0 aliphatic carbocycles. The fourth-order valence-corrected chi connectivity index (χ4v) is 1.50. The third-order valence-electron chi connectivity index (χ3n) is 2.59. The second-order valence-electron chi connectivity index (χ2n) is 4.45. The highest BCUT2D eigenvalue weighted by Crippen LogP contribution is 2.14. The second-order valence-corrected chi connectivity index (χ2v) is 4.45. The highest BCUT2D eigenvalue weighted by molar-refractivity contribution is 4.61. The predicted octanol–water partition coefficient (Wildman–Crippen LogP) is 3.45. The van der Waals surface area contributed by atoms with Gasteiger partial charge in [0.2, 0.25) is 0 Å². The van der Waals surface area contributed by atoms with Crippen LogP contribution in [-0.4, -0.2) is 13.1 Å². The molecule has 1 heteroatoms. The maximum absolute atomic E-state index is 3.51. The number of hydrogen-bond acceptors (Lipinski definition) is 1. The average Bonchev–Trinajstić information content (AvgIpc) is 2.10. The molecule has 0 aromatic carbocycles. The van der Waals surface area contributed by atoms with Gasteiger partial charge in [-0.1, -0.05) is 40.5 Å². The summed E-state index contributed by atoms with van der Waals surface area (Å²) in [5.74, 6) is 1.76. The lowest BCUT2D eigenvalue weighted by atomic mass is 9.96. The van der Waals surface area contributed by atoms with E-state index in [1.54, 1.807) is 0 Å². The number of hydrogen-bond donors (Lipinski definition) is 1. The van der Waals surface area contributed by atoms with Crippen molar-refractivity contribution in [3.63, 3.8) is 0 Å². The van der Waals surface area contributed by atoms with Crippen molar-refractivity contribution in [2.24, 2.45) is 11.8 Å². The van der Waals surface area contributed by atoms with Gasteiger partial charge in [0, 0.05) is 0 Å². The van der Waals surface area contributed by atoms with Crippen LogP contribution >= 0.6 is 0 Å². The Morgan fingerprint density at radius 2 is 1.77 bits per heavy atom. The molecule has 0 spiro atoms. The minimum Gasteiger partial charge on any atom is -0.316 e. The van der Waals surface area contributed by atoms with E-state index in [0.29, 0.717) is 0 Å². The Morgan fingerprint density at radius 1 is 1.08 bits per heavy atom. The Morgan fingerprint density at radius 3 is 2.23 bits per heavy atom. The Labute approximate surface area is 84.3 Å². The Bertz CT molecular complexity index is 99.3. The van der Waals surface area contributed by atoms with E-state index in [2.05, 4.69) is 33.0 Å². The fraction of sp³-hybridized carbons (Fsp3) is 1.00. The molecule has 0 aromatic rings. The summed E-state index contributed by atoms with van der Waals surface area (Å²) in [6, 6.07) is 0. The molecule has 1 nitrogen and oxygen atoms in total. The van der Waals surface area contributed by atoms with Crippen molar-refractivity contribution in [3.05, 3.63) is 0 Å². The first-order valence-corrected chi connectivity index (χ1v) is 5.91. The van der Waals surface area contributed by atoms with Crippen LogP contribution in [0.2, 0.25) is 0 Å². The highest BCUT2D eigenvalue weighted by Gasteiger charge is 2.06. The third kappa shape index (κ3) is 8.29. The van der Waals surface area contributed by atoms with Crippen molar-refractivity contribution in [2.75, 3.05) is 13.1 Å². The number of rotatable bonds is 8. The molecule has 0 fully saturated rings. The quantitative estimate of drug-likeness (QED) is 0.571. The van der Waals surface area contributed by atoms with Crippen molar-refractivity contribution in [3.8, 4) is 0 Å². The molecule has 0 bridgehead atoms. The lowest BCUT2D eigenvalue weighted by molar-refractivity contribution is 0.392. The van der Waals surface area contributed by atoms with Gasteiger partial charge >= 0.3 is 0 Å². The molecule has 0 saturated heterocycles. The molecule has 13 heavy (non-hydrogen) atoms. The van der Waals surface area contributed by atoms with Crippen LogP contribution in [-0.2, 0) is 0 Å². The molecule has 0 rings (SSSR count). The maximum Gasteiger partial charge on any atom is -0.00206 e. The molecular formula is C12H27N. The van der Waals surface area contributed by atoms with Crippen LogP contribution in [0.4, 0.5) is 0 Å². The van der Waals surface area contributed by atoms with Gasteiger partial charge in [0.1, 0.15) is 0 Å². The summed E-state index contributed by atoms with van der Waals surface area (Å²) >= 11 is 0. The SMILES string of the molecule is CCCNCC(CC)CCC(C)C. The van der Waals surface area contributed by atoms with E-state index in [1.807, 2.05) is 0 Å². The molecule has 0 radical (unpaired) electrons. The van der Waals surface area contributed by atoms with E-state index in [1.165, 1.54) is 38.8 Å². The van der Waals surface area contributed by atoms with Gasteiger partial charge in [-0.25, -0.2) is 0 Å². The minimum atomic E-state index is 0.861. The summed E-state index contributed by atoms with van der Waals surface area (Å²) in [7, 11) is 0. The number of nitrogens with one attached hydrogen (secondary N) is 1. The van der Waals surface area contributed by atoms with E-state index in [9.17, 15) is 0 Å². The van der Waals surface area contributed by atoms with Gasteiger partial charge in [-0.3, -0.25) is 0 Å². The van der Waals surface area contributed by atoms with Crippen molar-refractivity contribution in [1.29, 1.82) is 0 Å².